The minimum atomic E-state index is 0.377. The summed E-state index contributed by atoms with van der Waals surface area (Å²) >= 11 is 0. The molecule has 5 nitrogen and oxygen atoms in total. The summed E-state index contributed by atoms with van der Waals surface area (Å²) in [5, 5.41) is 3.35. The number of ether oxygens (including phenoxy) is 1. The van der Waals surface area contributed by atoms with Crippen molar-refractivity contribution in [3.8, 4) is 0 Å². The molecule has 19 heavy (non-hydrogen) atoms. The molecule has 0 aromatic carbocycles. The van der Waals surface area contributed by atoms with E-state index < -0.39 is 0 Å². The normalized spacial score (nSPS) is 26.7. The fourth-order valence-electron chi connectivity index (χ4n) is 3.07. The van der Waals surface area contributed by atoms with Gasteiger partial charge in [-0.15, -0.1) is 0 Å². The number of aromatic nitrogens is 1. The van der Waals surface area contributed by atoms with Gasteiger partial charge in [0.2, 0.25) is 0 Å². The van der Waals surface area contributed by atoms with Gasteiger partial charge in [-0.2, -0.15) is 4.98 Å². The van der Waals surface area contributed by atoms with Crippen LogP contribution < -0.4 is 10.2 Å². The third kappa shape index (κ3) is 2.77. The summed E-state index contributed by atoms with van der Waals surface area (Å²) in [6, 6.07) is 1.23. The van der Waals surface area contributed by atoms with Crippen molar-refractivity contribution in [3.05, 3.63) is 12.0 Å². The van der Waals surface area contributed by atoms with Crippen molar-refractivity contribution in [3.63, 3.8) is 0 Å². The van der Waals surface area contributed by atoms with Gasteiger partial charge in [-0.1, -0.05) is 6.92 Å². The van der Waals surface area contributed by atoms with Crippen LogP contribution in [0.4, 0.5) is 6.01 Å². The zero-order chi connectivity index (χ0) is 13.1. The molecule has 1 aromatic heterocycles. The number of anilines is 1. The van der Waals surface area contributed by atoms with E-state index in [2.05, 4.69) is 22.1 Å². The number of rotatable bonds is 5. The van der Waals surface area contributed by atoms with Crippen LogP contribution in [-0.4, -0.2) is 36.8 Å². The Balaban J connectivity index is 1.64. The zero-order valence-corrected chi connectivity index (χ0v) is 11.6. The summed E-state index contributed by atoms with van der Waals surface area (Å²) in [7, 11) is 0. The summed E-state index contributed by atoms with van der Waals surface area (Å²) < 4.78 is 11.5. The molecule has 2 aliphatic rings. The second kappa shape index (κ2) is 5.92. The maximum Gasteiger partial charge on any atom is 0.297 e. The lowest BCUT2D eigenvalue weighted by Gasteiger charge is -2.36. The topological polar surface area (TPSA) is 50.5 Å². The molecule has 2 unspecified atom stereocenters. The number of oxazole rings is 1. The summed E-state index contributed by atoms with van der Waals surface area (Å²) in [6.07, 6.45) is 6.90. The molecule has 5 heteroatoms. The summed E-state index contributed by atoms with van der Waals surface area (Å²) in [5.41, 5.74) is 0.990. The van der Waals surface area contributed by atoms with Crippen LogP contribution in [0.15, 0.2) is 10.7 Å². The smallest absolute Gasteiger partial charge is 0.297 e. The largest absolute Gasteiger partial charge is 0.432 e. The average Bonchev–Trinajstić information content (AvgIpc) is 3.07. The second-order valence-corrected chi connectivity index (χ2v) is 5.40. The summed E-state index contributed by atoms with van der Waals surface area (Å²) in [4.78, 5) is 6.90. The molecule has 2 fully saturated rings. The van der Waals surface area contributed by atoms with Gasteiger partial charge in [0.1, 0.15) is 6.26 Å². The maximum absolute atomic E-state index is 5.82. The van der Waals surface area contributed by atoms with Crippen LogP contribution in [0.25, 0.3) is 0 Å². The first-order valence-electron chi connectivity index (χ1n) is 7.42. The molecule has 0 amide bonds. The first-order valence-corrected chi connectivity index (χ1v) is 7.42. The molecule has 1 N–H and O–H groups in total. The Bertz CT molecular complexity index is 407. The van der Waals surface area contributed by atoms with Crippen LogP contribution in [0.1, 0.15) is 38.3 Å². The van der Waals surface area contributed by atoms with Crippen molar-refractivity contribution in [1.82, 2.24) is 10.3 Å². The molecule has 1 aromatic rings. The first kappa shape index (κ1) is 12.9. The van der Waals surface area contributed by atoms with Crippen molar-refractivity contribution in [2.45, 2.75) is 51.3 Å². The molecule has 1 saturated carbocycles. The zero-order valence-electron chi connectivity index (χ0n) is 11.6. The monoisotopic (exact) mass is 265 g/mol. The number of hydrogen-bond acceptors (Lipinski definition) is 5. The standard InChI is InChI=1S/C14H23N3O2/c1-2-6-15-9-11-10-19-14(16-11)17-7-8-18-13-5-3-4-12(13)17/h10,12-13,15H,2-9H2,1H3. The van der Waals surface area contributed by atoms with E-state index in [4.69, 9.17) is 9.15 Å². The highest BCUT2D eigenvalue weighted by molar-refractivity contribution is 5.31. The van der Waals surface area contributed by atoms with Crippen molar-refractivity contribution >= 4 is 6.01 Å². The van der Waals surface area contributed by atoms with E-state index in [-0.39, 0.29) is 0 Å². The average molecular weight is 265 g/mol. The van der Waals surface area contributed by atoms with E-state index in [1.807, 2.05) is 0 Å². The van der Waals surface area contributed by atoms with Gasteiger partial charge >= 0.3 is 0 Å². The molecular weight excluding hydrogens is 242 g/mol. The molecule has 2 heterocycles. The van der Waals surface area contributed by atoms with Crippen molar-refractivity contribution in [2.75, 3.05) is 24.6 Å². The lowest BCUT2D eigenvalue weighted by atomic mass is 10.1. The molecule has 1 aliphatic carbocycles. The molecule has 106 valence electrons. The molecule has 0 bridgehead atoms. The van der Waals surface area contributed by atoms with Gasteiger partial charge in [0.05, 0.1) is 24.4 Å². The Hall–Kier alpha value is -1.07. The Labute approximate surface area is 114 Å². The van der Waals surface area contributed by atoms with E-state index in [9.17, 15) is 0 Å². The minimum Gasteiger partial charge on any atom is -0.432 e. The van der Waals surface area contributed by atoms with Crippen LogP contribution in [0, 0.1) is 0 Å². The lowest BCUT2D eigenvalue weighted by Crippen LogP contribution is -2.48. The molecular formula is C14H23N3O2. The van der Waals surface area contributed by atoms with Gasteiger partial charge < -0.3 is 19.4 Å². The van der Waals surface area contributed by atoms with Crippen LogP contribution in [0.3, 0.4) is 0 Å². The van der Waals surface area contributed by atoms with E-state index in [0.717, 1.165) is 44.4 Å². The van der Waals surface area contributed by atoms with Crippen LogP contribution in [-0.2, 0) is 11.3 Å². The van der Waals surface area contributed by atoms with Crippen molar-refractivity contribution in [1.29, 1.82) is 0 Å². The highest BCUT2D eigenvalue weighted by Gasteiger charge is 2.37. The van der Waals surface area contributed by atoms with E-state index in [1.54, 1.807) is 6.26 Å². The number of hydrogen-bond donors (Lipinski definition) is 1. The number of morpholine rings is 1. The van der Waals surface area contributed by atoms with Crippen LogP contribution in [0.5, 0.6) is 0 Å². The predicted molar refractivity (Wildman–Crippen MR) is 73.2 cm³/mol. The van der Waals surface area contributed by atoms with Crippen LogP contribution in [0.2, 0.25) is 0 Å². The fraction of sp³-hybridized carbons (Fsp3) is 0.786. The summed E-state index contributed by atoms with van der Waals surface area (Å²) in [5.74, 6) is 0. The van der Waals surface area contributed by atoms with Crippen LogP contribution >= 0.6 is 0 Å². The molecule has 1 aliphatic heterocycles. The highest BCUT2D eigenvalue weighted by Crippen LogP contribution is 2.32. The fourth-order valence-corrected chi connectivity index (χ4v) is 3.07. The SMILES string of the molecule is CCCNCc1coc(N2CCOC3CCCC32)n1. The highest BCUT2D eigenvalue weighted by atomic mass is 16.5. The predicted octanol–water partition coefficient (Wildman–Crippen LogP) is 1.93. The first-order chi connectivity index (χ1) is 9.38. The molecule has 0 radical (unpaired) electrons. The number of nitrogens with one attached hydrogen (secondary N) is 1. The third-order valence-corrected chi connectivity index (χ3v) is 4.00. The molecule has 3 rings (SSSR count). The second-order valence-electron chi connectivity index (χ2n) is 5.40. The molecule has 2 atom stereocenters. The van der Waals surface area contributed by atoms with E-state index >= 15 is 0 Å². The molecule has 0 spiro atoms. The Kier molecular flexibility index (Phi) is 4.03. The maximum atomic E-state index is 5.82. The third-order valence-electron chi connectivity index (χ3n) is 4.00. The number of nitrogens with zero attached hydrogens (tertiary/aromatic N) is 2. The lowest BCUT2D eigenvalue weighted by molar-refractivity contribution is 0.0236. The van der Waals surface area contributed by atoms with Crippen molar-refractivity contribution in [2.24, 2.45) is 0 Å². The quantitative estimate of drug-likeness (QED) is 0.824. The van der Waals surface area contributed by atoms with Gasteiger partial charge in [0.15, 0.2) is 0 Å². The number of fused-ring (bicyclic) bond motifs is 1. The van der Waals surface area contributed by atoms with Gasteiger partial charge in [-0.3, -0.25) is 0 Å². The van der Waals surface area contributed by atoms with Gasteiger partial charge in [0.25, 0.3) is 6.01 Å². The molecule has 1 saturated heterocycles. The minimum absolute atomic E-state index is 0.377. The Morgan fingerprint density at radius 2 is 2.42 bits per heavy atom. The summed E-state index contributed by atoms with van der Waals surface area (Å²) in [6.45, 7) is 5.64. The Morgan fingerprint density at radius 3 is 3.32 bits per heavy atom. The van der Waals surface area contributed by atoms with Crippen molar-refractivity contribution < 1.29 is 9.15 Å². The van der Waals surface area contributed by atoms with Gasteiger partial charge in [-0.25, -0.2) is 0 Å². The Morgan fingerprint density at radius 1 is 1.47 bits per heavy atom. The van der Waals surface area contributed by atoms with Gasteiger partial charge in [0, 0.05) is 13.1 Å². The van der Waals surface area contributed by atoms with Gasteiger partial charge in [-0.05, 0) is 32.2 Å². The van der Waals surface area contributed by atoms with E-state index in [0.29, 0.717) is 12.1 Å². The van der Waals surface area contributed by atoms with E-state index in [1.165, 1.54) is 19.3 Å².